The standard InChI is InChI=1S/C23H33NO4S/c1-4-5-6-8-17(2)20(25)13-10-18-11-15-22(26)24(18)16-7-9-19-12-14-21(29-19)23(27)28-3/h12,14,17-18,20,25H,4,7-11,13,15-16H2,1-3H3/t17-,18-,20+/m0/s1. The van der Waals surface area contributed by atoms with Gasteiger partial charge in [-0.15, -0.1) is 23.2 Å². The molecule has 0 unspecified atom stereocenters. The molecule has 6 heteroatoms. The van der Waals surface area contributed by atoms with Gasteiger partial charge < -0.3 is 14.7 Å². The van der Waals surface area contributed by atoms with Gasteiger partial charge in [-0.1, -0.05) is 13.8 Å². The summed E-state index contributed by atoms with van der Waals surface area (Å²) < 4.78 is 4.74. The van der Waals surface area contributed by atoms with Crippen LogP contribution in [-0.2, 0) is 16.0 Å². The number of nitrogens with zero attached hydrogens (tertiary/aromatic N) is 1. The van der Waals surface area contributed by atoms with Crippen LogP contribution in [0.4, 0.5) is 0 Å². The number of aliphatic hydroxyl groups is 1. The highest BCUT2D eigenvalue weighted by atomic mass is 32.1. The summed E-state index contributed by atoms with van der Waals surface area (Å²) in [7, 11) is 1.39. The molecule has 0 aliphatic carbocycles. The summed E-state index contributed by atoms with van der Waals surface area (Å²) in [4.78, 5) is 27.6. The zero-order chi connectivity index (χ0) is 21.2. The van der Waals surface area contributed by atoms with E-state index < -0.39 is 0 Å². The van der Waals surface area contributed by atoms with Gasteiger partial charge in [-0.3, -0.25) is 4.79 Å². The zero-order valence-electron chi connectivity index (χ0n) is 17.8. The largest absolute Gasteiger partial charge is 0.465 e. The van der Waals surface area contributed by atoms with Crippen molar-refractivity contribution in [2.75, 3.05) is 13.7 Å². The molecule has 1 aliphatic heterocycles. The third-order valence-corrected chi connectivity index (χ3v) is 6.63. The monoisotopic (exact) mass is 419 g/mol. The van der Waals surface area contributed by atoms with E-state index in [2.05, 4.69) is 11.8 Å². The van der Waals surface area contributed by atoms with Crippen LogP contribution in [0.1, 0.15) is 73.3 Å². The second-order valence-electron chi connectivity index (χ2n) is 7.67. The first-order valence-corrected chi connectivity index (χ1v) is 11.4. The van der Waals surface area contributed by atoms with Crippen molar-refractivity contribution >= 4 is 23.2 Å². The van der Waals surface area contributed by atoms with E-state index in [1.807, 2.05) is 24.8 Å². The number of thiophene rings is 1. The maximum atomic E-state index is 12.3. The van der Waals surface area contributed by atoms with E-state index in [-0.39, 0.29) is 29.9 Å². The molecule has 2 rings (SSSR count). The summed E-state index contributed by atoms with van der Waals surface area (Å²) in [5.41, 5.74) is 0. The number of methoxy groups -OCH3 is 1. The Labute approximate surface area is 178 Å². The van der Waals surface area contributed by atoms with Crippen molar-refractivity contribution in [2.24, 2.45) is 5.92 Å². The summed E-state index contributed by atoms with van der Waals surface area (Å²) >= 11 is 1.45. The normalized spacial score (nSPS) is 18.3. The molecule has 1 amide bonds. The topological polar surface area (TPSA) is 66.8 Å². The van der Waals surface area contributed by atoms with Crippen LogP contribution in [0.5, 0.6) is 0 Å². The smallest absolute Gasteiger partial charge is 0.348 e. The SMILES string of the molecule is CCC#CC[C@H](C)[C@H](O)CC[C@H]1CCC(=O)N1CCCc1ccc(C(=O)OC)s1. The molecule has 0 saturated carbocycles. The van der Waals surface area contributed by atoms with E-state index in [4.69, 9.17) is 4.74 Å². The molecule has 1 N–H and O–H groups in total. The van der Waals surface area contributed by atoms with Crippen molar-refractivity contribution in [3.8, 4) is 11.8 Å². The summed E-state index contributed by atoms with van der Waals surface area (Å²) in [6.07, 6.45) is 5.92. The minimum atomic E-state index is -0.374. The summed E-state index contributed by atoms with van der Waals surface area (Å²) in [5, 5.41) is 10.4. The Bertz CT molecular complexity index is 733. The summed E-state index contributed by atoms with van der Waals surface area (Å²) in [6.45, 7) is 4.79. The number of esters is 1. The Kier molecular flexibility index (Phi) is 9.69. The fourth-order valence-electron chi connectivity index (χ4n) is 3.69. The molecule has 2 heterocycles. The lowest BCUT2D eigenvalue weighted by Crippen LogP contribution is -2.35. The van der Waals surface area contributed by atoms with Gasteiger partial charge in [0.1, 0.15) is 4.88 Å². The predicted molar refractivity (Wildman–Crippen MR) is 116 cm³/mol. The van der Waals surface area contributed by atoms with E-state index in [0.29, 0.717) is 17.7 Å². The Morgan fingerprint density at radius 2 is 2.21 bits per heavy atom. The molecule has 1 aromatic rings. The number of aliphatic hydroxyl groups excluding tert-OH is 1. The highest BCUT2D eigenvalue weighted by molar-refractivity contribution is 7.13. The highest BCUT2D eigenvalue weighted by Gasteiger charge is 2.31. The molecule has 1 saturated heterocycles. The number of aryl methyl sites for hydroxylation is 1. The van der Waals surface area contributed by atoms with Gasteiger partial charge in [0.2, 0.25) is 5.91 Å². The van der Waals surface area contributed by atoms with Gasteiger partial charge in [-0.25, -0.2) is 4.79 Å². The third-order valence-electron chi connectivity index (χ3n) is 5.50. The Morgan fingerprint density at radius 3 is 2.93 bits per heavy atom. The molecule has 1 aliphatic rings. The molecule has 0 radical (unpaired) electrons. The number of carbonyl (C=O) groups excluding carboxylic acids is 2. The first-order valence-electron chi connectivity index (χ1n) is 10.6. The van der Waals surface area contributed by atoms with E-state index in [0.717, 1.165) is 49.9 Å². The van der Waals surface area contributed by atoms with Crippen LogP contribution in [0, 0.1) is 17.8 Å². The molecule has 1 aromatic heterocycles. The number of ether oxygens (including phenoxy) is 1. The van der Waals surface area contributed by atoms with Crippen molar-refractivity contribution in [2.45, 2.75) is 77.4 Å². The van der Waals surface area contributed by atoms with Crippen molar-refractivity contribution in [3.05, 3.63) is 21.9 Å². The van der Waals surface area contributed by atoms with Gasteiger partial charge in [0.15, 0.2) is 0 Å². The Morgan fingerprint density at radius 1 is 1.41 bits per heavy atom. The van der Waals surface area contributed by atoms with E-state index >= 15 is 0 Å². The van der Waals surface area contributed by atoms with Gasteiger partial charge in [-0.05, 0) is 50.2 Å². The lowest BCUT2D eigenvalue weighted by molar-refractivity contribution is -0.129. The van der Waals surface area contributed by atoms with Crippen molar-refractivity contribution < 1.29 is 19.4 Å². The van der Waals surface area contributed by atoms with Crippen molar-refractivity contribution in [1.82, 2.24) is 4.90 Å². The zero-order valence-corrected chi connectivity index (χ0v) is 18.6. The number of hydrogen-bond donors (Lipinski definition) is 1. The molecule has 160 valence electrons. The molecule has 0 bridgehead atoms. The first kappa shape index (κ1) is 23.4. The Hall–Kier alpha value is -1.84. The predicted octanol–water partition coefficient (Wildman–Crippen LogP) is 4.04. The fourth-order valence-corrected chi connectivity index (χ4v) is 4.66. The quantitative estimate of drug-likeness (QED) is 0.459. The molecule has 29 heavy (non-hydrogen) atoms. The molecule has 0 spiro atoms. The van der Waals surface area contributed by atoms with Crippen molar-refractivity contribution in [1.29, 1.82) is 0 Å². The molecule has 1 fully saturated rings. The van der Waals surface area contributed by atoms with E-state index in [9.17, 15) is 14.7 Å². The average Bonchev–Trinajstić information content (AvgIpc) is 3.33. The second kappa shape index (κ2) is 12.0. The number of likely N-dealkylation sites (tertiary alicyclic amines) is 1. The number of hydrogen-bond acceptors (Lipinski definition) is 5. The summed E-state index contributed by atoms with van der Waals surface area (Å²) in [5.74, 6) is 6.23. The first-order chi connectivity index (χ1) is 14.0. The van der Waals surface area contributed by atoms with E-state index in [1.165, 1.54) is 18.4 Å². The van der Waals surface area contributed by atoms with Crippen LogP contribution >= 0.6 is 11.3 Å². The number of carbonyl (C=O) groups is 2. The maximum Gasteiger partial charge on any atom is 0.348 e. The highest BCUT2D eigenvalue weighted by Crippen LogP contribution is 2.26. The van der Waals surface area contributed by atoms with Gasteiger partial charge >= 0.3 is 5.97 Å². The van der Waals surface area contributed by atoms with Crippen LogP contribution < -0.4 is 0 Å². The van der Waals surface area contributed by atoms with Crippen LogP contribution in [0.3, 0.4) is 0 Å². The van der Waals surface area contributed by atoms with Gasteiger partial charge in [-0.2, -0.15) is 0 Å². The molecule has 0 aromatic carbocycles. The van der Waals surface area contributed by atoms with Gasteiger partial charge in [0.05, 0.1) is 13.2 Å². The second-order valence-corrected chi connectivity index (χ2v) is 8.84. The van der Waals surface area contributed by atoms with Gasteiger partial charge in [0.25, 0.3) is 0 Å². The fraction of sp³-hybridized carbons (Fsp3) is 0.652. The van der Waals surface area contributed by atoms with Gasteiger partial charge in [0, 0.05) is 36.7 Å². The summed E-state index contributed by atoms with van der Waals surface area (Å²) in [6, 6.07) is 3.97. The molecular weight excluding hydrogens is 386 g/mol. The maximum absolute atomic E-state index is 12.3. The lowest BCUT2D eigenvalue weighted by atomic mass is 9.95. The van der Waals surface area contributed by atoms with Crippen LogP contribution in [0.15, 0.2) is 12.1 Å². The molecule has 5 nitrogen and oxygen atoms in total. The molecular formula is C23H33NO4S. The third kappa shape index (κ3) is 7.17. The van der Waals surface area contributed by atoms with E-state index in [1.54, 1.807) is 6.07 Å². The minimum Gasteiger partial charge on any atom is -0.465 e. The Balaban J connectivity index is 1.78. The minimum absolute atomic E-state index is 0.155. The number of amides is 1. The van der Waals surface area contributed by atoms with Crippen LogP contribution in [0.25, 0.3) is 0 Å². The average molecular weight is 420 g/mol. The molecule has 3 atom stereocenters. The van der Waals surface area contributed by atoms with Crippen molar-refractivity contribution in [3.63, 3.8) is 0 Å². The number of rotatable bonds is 10. The van der Waals surface area contributed by atoms with Crippen LogP contribution in [-0.4, -0.2) is 47.7 Å². The lowest BCUT2D eigenvalue weighted by Gasteiger charge is -2.26. The van der Waals surface area contributed by atoms with Crippen LogP contribution in [0.2, 0.25) is 0 Å².